The zero-order chi connectivity index (χ0) is 16.4. The zero-order valence-electron chi connectivity index (χ0n) is 13.9. The number of hydrogen-bond acceptors (Lipinski definition) is 2. The number of hydrogen-bond donors (Lipinski definition) is 0. The lowest BCUT2D eigenvalue weighted by Crippen LogP contribution is -2.24. The maximum atomic E-state index is 5.56. The van der Waals surface area contributed by atoms with Gasteiger partial charge in [0.2, 0.25) is 0 Å². The van der Waals surface area contributed by atoms with Crippen molar-refractivity contribution in [2.24, 2.45) is 0 Å². The Hall–Kier alpha value is -2.74. The van der Waals surface area contributed by atoms with Gasteiger partial charge in [-0.05, 0) is 29.7 Å². The molecule has 0 amide bonds. The summed E-state index contributed by atoms with van der Waals surface area (Å²) in [5.41, 5.74) is 5.33. The molecule has 0 fully saturated rings. The molecule has 24 heavy (non-hydrogen) atoms. The number of rotatable bonds is 4. The number of methoxy groups -OCH3 is 1. The second-order valence-electron chi connectivity index (χ2n) is 6.20. The van der Waals surface area contributed by atoms with Crippen molar-refractivity contribution in [2.45, 2.75) is 19.0 Å². The summed E-state index contributed by atoms with van der Waals surface area (Å²) in [6.45, 7) is 0.848. The molecule has 1 atom stereocenters. The van der Waals surface area contributed by atoms with E-state index in [9.17, 15) is 0 Å². The average molecular weight is 315 g/mol. The summed E-state index contributed by atoms with van der Waals surface area (Å²) in [6, 6.07) is 28.2. The fourth-order valence-electron chi connectivity index (χ4n) is 3.64. The summed E-state index contributed by atoms with van der Waals surface area (Å²) in [5.74, 6) is 0.952. The summed E-state index contributed by atoms with van der Waals surface area (Å²) in [7, 11) is 1.74. The minimum absolute atomic E-state index is 0.369. The maximum absolute atomic E-state index is 5.56. The van der Waals surface area contributed by atoms with Gasteiger partial charge in [0.1, 0.15) is 5.75 Å². The Bertz CT molecular complexity index is 828. The van der Waals surface area contributed by atoms with E-state index < -0.39 is 0 Å². The van der Waals surface area contributed by atoms with Gasteiger partial charge < -0.3 is 9.64 Å². The van der Waals surface area contributed by atoms with Crippen molar-refractivity contribution in [3.8, 4) is 5.75 Å². The molecule has 4 rings (SSSR count). The predicted molar refractivity (Wildman–Crippen MR) is 98.5 cm³/mol. The van der Waals surface area contributed by atoms with Crippen LogP contribution in [0.2, 0.25) is 0 Å². The van der Waals surface area contributed by atoms with Gasteiger partial charge in [0.05, 0.1) is 13.2 Å². The minimum Gasteiger partial charge on any atom is -0.496 e. The van der Waals surface area contributed by atoms with E-state index in [-0.39, 0.29) is 0 Å². The van der Waals surface area contributed by atoms with Gasteiger partial charge in [0, 0.05) is 17.8 Å². The Labute approximate surface area is 143 Å². The van der Waals surface area contributed by atoms with Crippen molar-refractivity contribution >= 4 is 5.69 Å². The molecule has 1 heterocycles. The first-order chi connectivity index (χ1) is 11.9. The highest BCUT2D eigenvalue weighted by Crippen LogP contribution is 2.41. The van der Waals surface area contributed by atoms with Crippen LogP contribution in [0.15, 0.2) is 78.9 Å². The third kappa shape index (κ3) is 2.65. The summed E-state index contributed by atoms with van der Waals surface area (Å²) >= 11 is 0. The molecular weight excluding hydrogens is 294 g/mol. The van der Waals surface area contributed by atoms with Gasteiger partial charge in [0.25, 0.3) is 0 Å². The fraction of sp³-hybridized carbons (Fsp3) is 0.182. The third-order valence-electron chi connectivity index (χ3n) is 4.81. The van der Waals surface area contributed by atoms with Crippen LogP contribution in [0.5, 0.6) is 5.75 Å². The number of nitrogens with zero attached hydrogens (tertiary/aromatic N) is 1. The smallest absolute Gasteiger partial charge is 0.123 e. The maximum Gasteiger partial charge on any atom is 0.123 e. The number of ether oxygens (including phenoxy) is 1. The molecule has 0 N–H and O–H groups in total. The molecule has 0 unspecified atom stereocenters. The van der Waals surface area contributed by atoms with Crippen LogP contribution >= 0.6 is 0 Å². The van der Waals surface area contributed by atoms with Crippen molar-refractivity contribution in [3.05, 3.63) is 95.6 Å². The SMILES string of the molecule is COc1ccccc1CN1c2ccccc2C[C@H]1c1ccccc1. The average Bonchev–Trinajstić information content (AvgIpc) is 3.02. The monoisotopic (exact) mass is 315 g/mol. The van der Waals surface area contributed by atoms with Crippen molar-refractivity contribution in [1.82, 2.24) is 0 Å². The Balaban J connectivity index is 1.74. The second kappa shape index (κ2) is 6.40. The van der Waals surface area contributed by atoms with Crippen LogP contribution in [-0.2, 0) is 13.0 Å². The normalized spacial score (nSPS) is 16.0. The van der Waals surface area contributed by atoms with Crippen LogP contribution in [0, 0.1) is 0 Å². The van der Waals surface area contributed by atoms with Crippen LogP contribution in [0.25, 0.3) is 0 Å². The highest BCUT2D eigenvalue weighted by Gasteiger charge is 2.30. The number of anilines is 1. The van der Waals surface area contributed by atoms with Crippen molar-refractivity contribution in [2.75, 3.05) is 12.0 Å². The van der Waals surface area contributed by atoms with E-state index in [2.05, 4.69) is 71.6 Å². The second-order valence-corrected chi connectivity index (χ2v) is 6.20. The quantitative estimate of drug-likeness (QED) is 0.672. The van der Waals surface area contributed by atoms with Crippen LogP contribution in [-0.4, -0.2) is 7.11 Å². The van der Waals surface area contributed by atoms with E-state index in [1.165, 1.54) is 22.4 Å². The molecule has 3 aromatic rings. The molecule has 1 aliphatic rings. The van der Waals surface area contributed by atoms with Gasteiger partial charge >= 0.3 is 0 Å². The standard InChI is InChI=1S/C22H21NO/c1-24-22-14-8-6-12-19(22)16-23-20-13-7-5-11-18(20)15-21(23)17-9-3-2-4-10-17/h2-14,21H,15-16H2,1H3/t21-/m0/s1. The van der Waals surface area contributed by atoms with Crippen LogP contribution in [0.3, 0.4) is 0 Å². The Morgan fingerprint density at radius 2 is 1.58 bits per heavy atom. The molecule has 1 aliphatic heterocycles. The first-order valence-corrected chi connectivity index (χ1v) is 8.38. The largest absolute Gasteiger partial charge is 0.496 e. The molecule has 0 saturated carbocycles. The molecule has 0 radical (unpaired) electrons. The first-order valence-electron chi connectivity index (χ1n) is 8.38. The van der Waals surface area contributed by atoms with Crippen molar-refractivity contribution < 1.29 is 4.74 Å². The Morgan fingerprint density at radius 1 is 0.875 bits per heavy atom. The van der Waals surface area contributed by atoms with Crippen LogP contribution in [0.1, 0.15) is 22.7 Å². The molecule has 0 saturated heterocycles. The zero-order valence-corrected chi connectivity index (χ0v) is 13.9. The molecule has 2 nitrogen and oxygen atoms in total. The van der Waals surface area contributed by atoms with E-state index in [0.717, 1.165) is 18.7 Å². The summed E-state index contributed by atoms with van der Waals surface area (Å²) in [5, 5.41) is 0. The topological polar surface area (TPSA) is 12.5 Å². The van der Waals surface area contributed by atoms with Gasteiger partial charge in [-0.2, -0.15) is 0 Å². The van der Waals surface area contributed by atoms with E-state index in [1.54, 1.807) is 7.11 Å². The van der Waals surface area contributed by atoms with E-state index in [4.69, 9.17) is 4.74 Å². The van der Waals surface area contributed by atoms with Gasteiger partial charge in [-0.15, -0.1) is 0 Å². The summed E-state index contributed by atoms with van der Waals surface area (Å²) < 4.78 is 5.56. The van der Waals surface area contributed by atoms with Gasteiger partial charge in [-0.3, -0.25) is 0 Å². The van der Waals surface area contributed by atoms with Gasteiger partial charge in [0.15, 0.2) is 0 Å². The lowest BCUT2D eigenvalue weighted by atomic mass is 10.0. The molecule has 0 aromatic heterocycles. The summed E-state index contributed by atoms with van der Waals surface area (Å²) in [4.78, 5) is 2.50. The number of benzene rings is 3. The van der Waals surface area contributed by atoms with Crippen LogP contribution in [0.4, 0.5) is 5.69 Å². The van der Waals surface area contributed by atoms with E-state index in [1.807, 2.05) is 12.1 Å². The molecule has 120 valence electrons. The third-order valence-corrected chi connectivity index (χ3v) is 4.81. The highest BCUT2D eigenvalue weighted by atomic mass is 16.5. The lowest BCUT2D eigenvalue weighted by Gasteiger charge is -2.28. The Morgan fingerprint density at radius 3 is 2.42 bits per heavy atom. The molecular formula is C22H21NO. The molecule has 0 aliphatic carbocycles. The summed E-state index contributed by atoms with van der Waals surface area (Å²) in [6.07, 6.45) is 1.05. The predicted octanol–water partition coefficient (Wildman–Crippen LogP) is 5.00. The first kappa shape index (κ1) is 14.8. The minimum atomic E-state index is 0.369. The number of fused-ring (bicyclic) bond motifs is 1. The molecule has 0 bridgehead atoms. The highest BCUT2D eigenvalue weighted by molar-refractivity contribution is 5.61. The van der Waals surface area contributed by atoms with E-state index >= 15 is 0 Å². The number of para-hydroxylation sites is 2. The Kier molecular flexibility index (Phi) is 3.96. The molecule has 2 heteroatoms. The van der Waals surface area contributed by atoms with Crippen molar-refractivity contribution in [1.29, 1.82) is 0 Å². The van der Waals surface area contributed by atoms with Crippen LogP contribution < -0.4 is 9.64 Å². The van der Waals surface area contributed by atoms with Crippen molar-refractivity contribution in [3.63, 3.8) is 0 Å². The molecule has 3 aromatic carbocycles. The van der Waals surface area contributed by atoms with E-state index in [0.29, 0.717) is 6.04 Å². The van der Waals surface area contributed by atoms with Gasteiger partial charge in [-0.1, -0.05) is 66.7 Å². The van der Waals surface area contributed by atoms with Gasteiger partial charge in [-0.25, -0.2) is 0 Å². The lowest BCUT2D eigenvalue weighted by molar-refractivity contribution is 0.408. The fourth-order valence-corrected chi connectivity index (χ4v) is 3.64. The molecule has 0 spiro atoms.